The van der Waals surface area contributed by atoms with Gasteiger partial charge in [0.15, 0.2) is 0 Å². The van der Waals surface area contributed by atoms with Gasteiger partial charge in [0.05, 0.1) is 19.2 Å². The van der Waals surface area contributed by atoms with E-state index in [1.54, 1.807) is 27.7 Å². The molecule has 0 fully saturated rings. The predicted octanol–water partition coefficient (Wildman–Crippen LogP) is -6.64. The first kappa shape index (κ1) is 38.1. The standard InChI is InChI=1S/C16H30O7S.C2H6O2.2Na/c1-5-11(6-2)9-13(14(17)18)16(15(19)20,24(21,22)23)10-12(7-3)8-4;3-1-2-4;;/h11-13H,5-10H2,1-4H3,(H,17,18)(H,19,20)(H,21,22,23);3-4H,1-2H2;;/q;;2*+1/p-2. The van der Waals surface area contributed by atoms with Crippen molar-refractivity contribution in [3.05, 3.63) is 0 Å². The quantitative estimate of drug-likeness (QED) is 0.174. The molecule has 0 bridgehead atoms. The maximum Gasteiger partial charge on any atom is 1.00 e. The molecule has 0 saturated carbocycles. The van der Waals surface area contributed by atoms with Gasteiger partial charge < -0.3 is 30.0 Å². The Bertz CT molecular complexity index is 562. The summed E-state index contributed by atoms with van der Waals surface area (Å²) in [6.07, 6.45) is 1.29. The van der Waals surface area contributed by atoms with E-state index in [9.17, 15) is 32.8 Å². The zero-order valence-electron chi connectivity index (χ0n) is 19.1. The first-order valence-electron chi connectivity index (χ1n) is 9.54. The van der Waals surface area contributed by atoms with Crippen molar-refractivity contribution < 1.29 is 102 Å². The third-order valence-electron chi connectivity index (χ3n) is 5.22. The van der Waals surface area contributed by atoms with Crippen LogP contribution in [0.3, 0.4) is 0 Å². The second-order valence-electron chi connectivity index (χ2n) is 6.78. The topological polar surface area (TPSA) is 175 Å². The summed E-state index contributed by atoms with van der Waals surface area (Å²) >= 11 is 0. The van der Waals surface area contributed by atoms with E-state index in [1.807, 2.05) is 0 Å². The molecule has 2 atom stereocenters. The molecule has 0 aliphatic rings. The van der Waals surface area contributed by atoms with E-state index in [2.05, 4.69) is 0 Å². The molecule has 3 N–H and O–H groups in total. The fraction of sp³-hybridized carbons (Fsp3) is 0.889. The second kappa shape index (κ2) is 19.3. The summed E-state index contributed by atoms with van der Waals surface area (Å²) in [7, 11) is -5.23. The van der Waals surface area contributed by atoms with Gasteiger partial charge in [-0.2, -0.15) is 8.42 Å². The minimum absolute atomic E-state index is 0. The molecule has 0 rings (SSSR count). The number of rotatable bonds is 13. The summed E-state index contributed by atoms with van der Waals surface area (Å²) in [6, 6.07) is 0. The largest absolute Gasteiger partial charge is 1.00 e. The first-order chi connectivity index (χ1) is 12.9. The van der Waals surface area contributed by atoms with E-state index in [1.165, 1.54) is 0 Å². The molecule has 0 saturated heterocycles. The Labute approximate surface area is 224 Å². The molecule has 0 aromatic heterocycles. The Morgan fingerprint density at radius 2 is 1.23 bits per heavy atom. The van der Waals surface area contributed by atoms with Crippen LogP contribution >= 0.6 is 0 Å². The summed E-state index contributed by atoms with van der Waals surface area (Å²) < 4.78 is 30.8. The van der Waals surface area contributed by atoms with Crippen molar-refractivity contribution in [3.8, 4) is 0 Å². The first-order valence-corrected chi connectivity index (χ1v) is 11.0. The Morgan fingerprint density at radius 1 is 0.867 bits per heavy atom. The van der Waals surface area contributed by atoms with Gasteiger partial charge in [0.2, 0.25) is 0 Å². The number of carboxylic acids is 2. The molecule has 9 nitrogen and oxygen atoms in total. The van der Waals surface area contributed by atoms with Crippen LogP contribution in [0.1, 0.15) is 66.2 Å². The van der Waals surface area contributed by atoms with Gasteiger partial charge in [-0.25, -0.2) is 0 Å². The van der Waals surface area contributed by atoms with Crippen LogP contribution in [-0.4, -0.2) is 53.1 Å². The van der Waals surface area contributed by atoms with E-state index in [0.717, 1.165) is 0 Å². The molecule has 30 heavy (non-hydrogen) atoms. The summed E-state index contributed by atoms with van der Waals surface area (Å²) in [4.78, 5) is 23.4. The smallest absolute Gasteiger partial charge is 0.550 e. The molecule has 0 amide bonds. The minimum Gasteiger partial charge on any atom is -0.550 e. The summed E-state index contributed by atoms with van der Waals surface area (Å²) in [6.45, 7) is 6.84. The minimum atomic E-state index is -5.23. The molecule has 0 heterocycles. The van der Waals surface area contributed by atoms with Gasteiger partial charge in [0.1, 0.15) is 4.75 Å². The molecule has 0 aliphatic heterocycles. The molecular formula is C18H34Na2O9S. The van der Waals surface area contributed by atoms with Crippen LogP contribution in [0.25, 0.3) is 0 Å². The van der Waals surface area contributed by atoms with Crippen molar-refractivity contribution in [2.45, 2.75) is 71.0 Å². The van der Waals surface area contributed by atoms with Gasteiger partial charge in [-0.1, -0.05) is 53.4 Å². The van der Waals surface area contributed by atoms with Crippen LogP contribution in [-0.2, 0) is 19.7 Å². The molecule has 2 unspecified atom stereocenters. The molecule has 168 valence electrons. The third kappa shape index (κ3) is 11.6. The maximum atomic E-state index is 12.0. The van der Waals surface area contributed by atoms with Gasteiger partial charge >= 0.3 is 59.1 Å². The van der Waals surface area contributed by atoms with Gasteiger partial charge in [0.25, 0.3) is 10.1 Å². The molecule has 0 radical (unpaired) electrons. The number of carbonyl (C=O) groups excluding carboxylic acids is 2. The van der Waals surface area contributed by atoms with Crippen molar-refractivity contribution >= 4 is 22.1 Å². The van der Waals surface area contributed by atoms with Gasteiger partial charge in [-0.15, -0.1) is 0 Å². The van der Waals surface area contributed by atoms with Gasteiger partial charge in [0, 0.05) is 11.9 Å². The molecule has 0 aromatic carbocycles. The fourth-order valence-electron chi connectivity index (χ4n) is 3.20. The van der Waals surface area contributed by atoms with E-state index < -0.39 is 39.1 Å². The number of hydrogen-bond donors (Lipinski definition) is 3. The van der Waals surface area contributed by atoms with E-state index in [-0.39, 0.29) is 90.6 Å². The van der Waals surface area contributed by atoms with E-state index in [4.69, 9.17) is 10.2 Å². The molecular weight excluding hydrogens is 438 g/mol. The van der Waals surface area contributed by atoms with Gasteiger partial charge in [-0.05, 0) is 24.7 Å². The Hall–Kier alpha value is 0.770. The van der Waals surface area contributed by atoms with Crippen molar-refractivity contribution in [3.63, 3.8) is 0 Å². The van der Waals surface area contributed by atoms with Crippen molar-refractivity contribution in [2.24, 2.45) is 17.8 Å². The monoisotopic (exact) mass is 472 g/mol. The Morgan fingerprint density at radius 3 is 1.43 bits per heavy atom. The average Bonchev–Trinajstić information content (AvgIpc) is 2.63. The van der Waals surface area contributed by atoms with Crippen molar-refractivity contribution in [1.82, 2.24) is 0 Å². The van der Waals surface area contributed by atoms with Crippen LogP contribution in [0.15, 0.2) is 0 Å². The van der Waals surface area contributed by atoms with Crippen LogP contribution in [0, 0.1) is 17.8 Å². The van der Waals surface area contributed by atoms with Crippen molar-refractivity contribution in [1.29, 1.82) is 0 Å². The summed E-state index contributed by atoms with van der Waals surface area (Å²) in [5.41, 5.74) is 0. The van der Waals surface area contributed by atoms with Crippen LogP contribution < -0.4 is 69.3 Å². The van der Waals surface area contributed by atoms with E-state index in [0.29, 0.717) is 25.7 Å². The second-order valence-corrected chi connectivity index (χ2v) is 8.45. The number of aliphatic carboxylic acids is 2. The van der Waals surface area contributed by atoms with Crippen LogP contribution in [0.5, 0.6) is 0 Å². The van der Waals surface area contributed by atoms with Gasteiger partial charge in [-0.3, -0.25) is 4.55 Å². The zero-order valence-corrected chi connectivity index (χ0v) is 23.9. The number of carboxylic acid groups (broad SMARTS) is 2. The van der Waals surface area contributed by atoms with Crippen LogP contribution in [0.4, 0.5) is 0 Å². The average molecular weight is 473 g/mol. The Kier molecular flexibility index (Phi) is 24.4. The predicted molar refractivity (Wildman–Crippen MR) is 99.3 cm³/mol. The fourth-order valence-corrected chi connectivity index (χ4v) is 4.41. The molecule has 0 aliphatic carbocycles. The zero-order chi connectivity index (χ0) is 22.5. The Balaban J connectivity index is -0.000000513. The third-order valence-corrected chi connectivity index (χ3v) is 6.76. The van der Waals surface area contributed by atoms with Crippen molar-refractivity contribution in [2.75, 3.05) is 13.2 Å². The summed E-state index contributed by atoms with van der Waals surface area (Å²) in [5, 5.41) is 38.7. The number of hydrogen-bond acceptors (Lipinski definition) is 8. The van der Waals surface area contributed by atoms with Crippen LogP contribution in [0.2, 0.25) is 0 Å². The van der Waals surface area contributed by atoms with E-state index >= 15 is 0 Å². The number of carbonyl (C=O) groups is 2. The normalized spacial score (nSPS) is 13.9. The number of aliphatic hydroxyl groups is 2. The SMILES string of the molecule is CCC(CC)CC(C(=O)[O-])C(CC(CC)CC)(C(=O)[O-])S(=O)(=O)O.OCCO.[Na+].[Na+]. The summed E-state index contributed by atoms with van der Waals surface area (Å²) in [5.74, 6) is -6.34. The molecule has 12 heteroatoms. The number of aliphatic hydroxyl groups excluding tert-OH is 2. The maximum absolute atomic E-state index is 12.0. The molecule has 0 spiro atoms. The molecule has 0 aromatic rings.